The Morgan fingerprint density at radius 1 is 0.935 bits per heavy atom. The van der Waals surface area contributed by atoms with Gasteiger partial charge in [-0.3, -0.25) is 9.59 Å². The molecule has 0 fully saturated rings. The minimum absolute atomic E-state index is 0.165. The molecule has 0 saturated carbocycles. The average Bonchev–Trinajstić information content (AvgIpc) is 3.04. The van der Waals surface area contributed by atoms with Crippen LogP contribution < -0.4 is 14.5 Å². The van der Waals surface area contributed by atoms with Gasteiger partial charge in [0.2, 0.25) is 0 Å². The molecule has 0 unspecified atom stereocenters. The number of halogens is 2. The fourth-order valence-corrected chi connectivity index (χ4v) is 3.71. The van der Waals surface area contributed by atoms with Crippen molar-refractivity contribution in [2.24, 2.45) is 0 Å². The zero-order chi connectivity index (χ0) is 22.1. The molecular weight excluding hydrogens is 419 g/mol. The van der Waals surface area contributed by atoms with Gasteiger partial charge in [-0.25, -0.2) is 9.29 Å². The molecule has 156 valence electrons. The fourth-order valence-electron chi connectivity index (χ4n) is 3.54. The molecule has 2 amide bonds. The first-order valence-electron chi connectivity index (χ1n) is 9.43. The Morgan fingerprint density at radius 2 is 1.61 bits per heavy atom. The third kappa shape index (κ3) is 3.66. The Bertz CT molecular complexity index is 1190. The highest BCUT2D eigenvalue weighted by molar-refractivity contribution is 6.46. The quantitative estimate of drug-likeness (QED) is 0.533. The van der Waals surface area contributed by atoms with Gasteiger partial charge in [-0.05, 0) is 48.0 Å². The number of imide groups is 1. The first-order valence-corrected chi connectivity index (χ1v) is 9.81. The number of anilines is 2. The highest BCUT2D eigenvalue weighted by Gasteiger charge is 2.43. The number of methoxy groups -OCH3 is 1. The van der Waals surface area contributed by atoms with Crippen LogP contribution in [0.2, 0.25) is 5.02 Å². The summed E-state index contributed by atoms with van der Waals surface area (Å²) < 4.78 is 18.9. The predicted molar refractivity (Wildman–Crippen MR) is 119 cm³/mol. The van der Waals surface area contributed by atoms with Gasteiger partial charge in [-0.15, -0.1) is 0 Å². The van der Waals surface area contributed by atoms with Crippen molar-refractivity contribution in [3.63, 3.8) is 0 Å². The van der Waals surface area contributed by atoms with Crippen LogP contribution in [-0.4, -0.2) is 26.0 Å². The Kier molecular flexibility index (Phi) is 5.48. The minimum Gasteiger partial charge on any atom is -0.495 e. The van der Waals surface area contributed by atoms with E-state index in [4.69, 9.17) is 16.3 Å². The maximum absolute atomic E-state index is 13.6. The summed E-state index contributed by atoms with van der Waals surface area (Å²) in [7, 11) is 3.15. The normalized spacial score (nSPS) is 13.7. The lowest BCUT2D eigenvalue weighted by molar-refractivity contribution is -0.120. The molecule has 0 atom stereocenters. The van der Waals surface area contributed by atoms with E-state index < -0.39 is 17.6 Å². The van der Waals surface area contributed by atoms with Crippen LogP contribution in [-0.2, 0) is 9.59 Å². The van der Waals surface area contributed by atoms with E-state index in [9.17, 15) is 14.0 Å². The van der Waals surface area contributed by atoms with Crippen LogP contribution in [0.1, 0.15) is 5.56 Å². The number of rotatable bonds is 5. The molecule has 1 aliphatic rings. The SMILES string of the molecule is COc1ccc(Cl)cc1N1C(=O)C(c2ccc(F)cc2)=C(N(C)c2ccccc2)C1=O. The van der Waals surface area contributed by atoms with E-state index in [-0.39, 0.29) is 17.0 Å². The van der Waals surface area contributed by atoms with Crippen molar-refractivity contribution < 1.29 is 18.7 Å². The monoisotopic (exact) mass is 436 g/mol. The first-order chi connectivity index (χ1) is 14.9. The van der Waals surface area contributed by atoms with Gasteiger partial charge in [0, 0.05) is 17.8 Å². The summed E-state index contributed by atoms with van der Waals surface area (Å²) >= 11 is 6.14. The van der Waals surface area contributed by atoms with E-state index in [0.29, 0.717) is 16.3 Å². The summed E-state index contributed by atoms with van der Waals surface area (Å²) in [5.41, 5.74) is 1.73. The Balaban J connectivity index is 1.91. The summed E-state index contributed by atoms with van der Waals surface area (Å²) in [6.07, 6.45) is 0. The lowest BCUT2D eigenvalue weighted by Crippen LogP contribution is -2.34. The van der Waals surface area contributed by atoms with E-state index in [1.165, 1.54) is 37.4 Å². The molecule has 0 bridgehead atoms. The molecule has 7 heteroatoms. The number of hydrogen-bond donors (Lipinski definition) is 0. The molecule has 0 aromatic heterocycles. The smallest absolute Gasteiger partial charge is 0.282 e. The van der Waals surface area contributed by atoms with Gasteiger partial charge in [0.05, 0.1) is 18.4 Å². The van der Waals surface area contributed by atoms with E-state index in [2.05, 4.69) is 0 Å². The predicted octanol–water partition coefficient (Wildman–Crippen LogP) is 4.91. The minimum atomic E-state index is -0.546. The molecule has 3 aromatic rings. The molecule has 3 aromatic carbocycles. The lowest BCUT2D eigenvalue weighted by atomic mass is 10.0. The van der Waals surface area contributed by atoms with Crippen LogP contribution >= 0.6 is 11.6 Å². The first kappa shape index (κ1) is 20.6. The summed E-state index contributed by atoms with van der Waals surface area (Å²) in [5, 5.41) is 0.351. The number of ether oxygens (including phenoxy) is 1. The highest BCUT2D eigenvalue weighted by Crippen LogP contribution is 2.40. The van der Waals surface area contributed by atoms with E-state index in [1.54, 1.807) is 24.1 Å². The second-order valence-electron chi connectivity index (χ2n) is 6.89. The van der Waals surface area contributed by atoms with Gasteiger partial charge in [0.1, 0.15) is 17.3 Å². The van der Waals surface area contributed by atoms with E-state index in [1.807, 2.05) is 30.3 Å². The molecule has 1 aliphatic heterocycles. The number of benzene rings is 3. The van der Waals surface area contributed by atoms with E-state index >= 15 is 0 Å². The van der Waals surface area contributed by atoms with Crippen molar-refractivity contribution >= 4 is 40.4 Å². The van der Waals surface area contributed by atoms with Gasteiger partial charge in [-0.1, -0.05) is 41.9 Å². The standard InChI is InChI=1S/C24H18ClFN2O3/c1-27(18-6-4-3-5-7-18)22-21(15-8-11-17(26)12-9-15)23(29)28(24(22)30)19-14-16(25)10-13-20(19)31-2/h3-14H,1-2H3. The number of amides is 2. The maximum atomic E-state index is 13.6. The van der Waals surface area contributed by atoms with Crippen LogP contribution in [0, 0.1) is 5.82 Å². The van der Waals surface area contributed by atoms with Crippen molar-refractivity contribution in [3.8, 4) is 5.75 Å². The zero-order valence-corrected chi connectivity index (χ0v) is 17.6. The summed E-state index contributed by atoms with van der Waals surface area (Å²) in [6.45, 7) is 0. The zero-order valence-electron chi connectivity index (χ0n) is 16.8. The molecule has 0 saturated heterocycles. The van der Waals surface area contributed by atoms with Crippen LogP contribution in [0.15, 0.2) is 78.5 Å². The molecule has 0 spiro atoms. The molecule has 4 rings (SSSR count). The summed E-state index contributed by atoms with van der Waals surface area (Å²) in [6, 6.07) is 19.4. The molecule has 31 heavy (non-hydrogen) atoms. The second kappa shape index (κ2) is 8.24. The third-order valence-corrected chi connectivity index (χ3v) is 5.29. The Morgan fingerprint density at radius 3 is 2.26 bits per heavy atom. The van der Waals surface area contributed by atoms with Crippen LogP contribution in [0.5, 0.6) is 5.75 Å². The van der Waals surface area contributed by atoms with Gasteiger partial charge < -0.3 is 9.64 Å². The number of hydrogen-bond acceptors (Lipinski definition) is 4. The molecule has 1 heterocycles. The largest absolute Gasteiger partial charge is 0.495 e. The fraction of sp³-hybridized carbons (Fsp3) is 0.0833. The highest BCUT2D eigenvalue weighted by atomic mass is 35.5. The maximum Gasteiger partial charge on any atom is 0.282 e. The molecule has 5 nitrogen and oxygen atoms in total. The van der Waals surface area contributed by atoms with Crippen molar-refractivity contribution in [2.75, 3.05) is 24.0 Å². The molecule has 0 aliphatic carbocycles. The van der Waals surface area contributed by atoms with Crippen LogP contribution in [0.25, 0.3) is 5.57 Å². The number of carbonyl (C=O) groups is 2. The molecular formula is C24H18ClFN2O3. The van der Waals surface area contributed by atoms with Gasteiger partial charge in [0.25, 0.3) is 11.8 Å². The molecule has 0 N–H and O–H groups in total. The third-order valence-electron chi connectivity index (χ3n) is 5.05. The van der Waals surface area contributed by atoms with Crippen LogP contribution in [0.4, 0.5) is 15.8 Å². The van der Waals surface area contributed by atoms with Crippen molar-refractivity contribution in [1.29, 1.82) is 0 Å². The summed E-state index contributed by atoms with van der Waals surface area (Å²) in [4.78, 5) is 29.8. The Labute approximate surface area is 183 Å². The topological polar surface area (TPSA) is 49.9 Å². The van der Waals surface area contributed by atoms with Crippen LogP contribution in [0.3, 0.4) is 0 Å². The van der Waals surface area contributed by atoms with Gasteiger partial charge in [0.15, 0.2) is 0 Å². The van der Waals surface area contributed by atoms with Crippen molar-refractivity contribution in [3.05, 3.63) is 94.9 Å². The van der Waals surface area contributed by atoms with Gasteiger partial charge in [-0.2, -0.15) is 0 Å². The van der Waals surface area contributed by atoms with Crippen molar-refractivity contribution in [2.45, 2.75) is 0 Å². The molecule has 0 radical (unpaired) electrons. The number of nitrogens with zero attached hydrogens (tertiary/aromatic N) is 2. The lowest BCUT2D eigenvalue weighted by Gasteiger charge is -2.22. The Hall–Kier alpha value is -3.64. The van der Waals surface area contributed by atoms with Crippen molar-refractivity contribution in [1.82, 2.24) is 0 Å². The average molecular weight is 437 g/mol. The second-order valence-corrected chi connectivity index (χ2v) is 7.32. The number of para-hydroxylation sites is 1. The van der Waals surface area contributed by atoms with Gasteiger partial charge >= 0.3 is 0 Å². The number of likely N-dealkylation sites (N-methyl/N-ethyl adjacent to an activating group) is 1. The number of carbonyl (C=O) groups excluding carboxylic acids is 2. The summed E-state index contributed by atoms with van der Waals surface area (Å²) in [5.74, 6) is -1.19. The van der Waals surface area contributed by atoms with E-state index in [0.717, 1.165) is 10.6 Å².